The summed E-state index contributed by atoms with van der Waals surface area (Å²) in [7, 11) is 0. The van der Waals surface area contributed by atoms with Gasteiger partial charge in [0.1, 0.15) is 5.82 Å². The van der Waals surface area contributed by atoms with Gasteiger partial charge in [-0.25, -0.2) is 0 Å². The van der Waals surface area contributed by atoms with Crippen LogP contribution >= 0.6 is 11.6 Å². The van der Waals surface area contributed by atoms with Gasteiger partial charge in [0.15, 0.2) is 5.69 Å². The standard InChI is InChI=1S/C20H19ClN4O/c1-14-16(21)8-5-9-17(14)23-20(26)18-10-11-19(25-24-18)22-13-12-15-6-3-2-4-7-15/h2-11H,12-13H2,1H3,(H,22,25)(H,23,26). The number of anilines is 2. The zero-order valence-electron chi connectivity index (χ0n) is 14.4. The lowest BCUT2D eigenvalue weighted by Gasteiger charge is -2.09. The Morgan fingerprint density at radius 3 is 2.54 bits per heavy atom. The Labute approximate surface area is 157 Å². The van der Waals surface area contributed by atoms with E-state index in [4.69, 9.17) is 11.6 Å². The molecule has 0 saturated carbocycles. The first-order valence-corrected chi connectivity index (χ1v) is 8.69. The van der Waals surface area contributed by atoms with E-state index in [0.717, 1.165) is 18.5 Å². The number of hydrogen-bond acceptors (Lipinski definition) is 4. The lowest BCUT2D eigenvalue weighted by molar-refractivity contribution is 0.102. The Balaban J connectivity index is 1.56. The highest BCUT2D eigenvalue weighted by molar-refractivity contribution is 6.31. The van der Waals surface area contributed by atoms with Gasteiger partial charge in [0.2, 0.25) is 0 Å². The maximum atomic E-state index is 12.3. The van der Waals surface area contributed by atoms with Crippen molar-refractivity contribution < 1.29 is 4.79 Å². The van der Waals surface area contributed by atoms with Gasteiger partial charge < -0.3 is 10.6 Å². The second-order valence-corrected chi connectivity index (χ2v) is 6.24. The smallest absolute Gasteiger partial charge is 0.276 e. The van der Waals surface area contributed by atoms with Gasteiger partial charge in [0.05, 0.1) is 0 Å². The van der Waals surface area contributed by atoms with E-state index in [1.165, 1.54) is 5.56 Å². The predicted molar refractivity (Wildman–Crippen MR) is 105 cm³/mol. The summed E-state index contributed by atoms with van der Waals surface area (Å²) in [5.41, 5.74) is 2.97. The van der Waals surface area contributed by atoms with Crippen LogP contribution in [-0.4, -0.2) is 22.6 Å². The molecule has 3 rings (SSSR count). The molecule has 5 nitrogen and oxygen atoms in total. The van der Waals surface area contributed by atoms with Crippen molar-refractivity contribution in [3.05, 3.63) is 82.5 Å². The SMILES string of the molecule is Cc1c(Cl)cccc1NC(=O)c1ccc(NCCc2ccccc2)nn1. The van der Waals surface area contributed by atoms with Gasteiger partial charge >= 0.3 is 0 Å². The summed E-state index contributed by atoms with van der Waals surface area (Å²) in [6, 6.07) is 19.0. The van der Waals surface area contributed by atoms with Crippen LogP contribution in [0.25, 0.3) is 0 Å². The molecule has 0 aliphatic heterocycles. The fourth-order valence-corrected chi connectivity index (χ4v) is 2.63. The highest BCUT2D eigenvalue weighted by Gasteiger charge is 2.11. The third kappa shape index (κ3) is 4.58. The summed E-state index contributed by atoms with van der Waals surface area (Å²) in [5.74, 6) is 0.315. The van der Waals surface area contributed by atoms with Crippen LogP contribution in [0.3, 0.4) is 0 Å². The van der Waals surface area contributed by atoms with Crippen LogP contribution in [0.15, 0.2) is 60.7 Å². The number of nitrogens with zero attached hydrogens (tertiary/aromatic N) is 2. The van der Waals surface area contributed by atoms with Gasteiger partial charge in [0.25, 0.3) is 5.91 Å². The highest BCUT2D eigenvalue weighted by atomic mass is 35.5. The molecule has 0 saturated heterocycles. The third-order valence-electron chi connectivity index (χ3n) is 3.98. The van der Waals surface area contributed by atoms with Gasteiger partial charge in [-0.2, -0.15) is 0 Å². The Hall–Kier alpha value is -2.92. The second-order valence-electron chi connectivity index (χ2n) is 5.83. The van der Waals surface area contributed by atoms with Crippen LogP contribution in [0, 0.1) is 6.92 Å². The van der Waals surface area contributed by atoms with Crippen LogP contribution < -0.4 is 10.6 Å². The van der Waals surface area contributed by atoms with Crippen molar-refractivity contribution in [2.45, 2.75) is 13.3 Å². The van der Waals surface area contributed by atoms with E-state index in [1.807, 2.05) is 25.1 Å². The minimum absolute atomic E-state index is 0.248. The summed E-state index contributed by atoms with van der Waals surface area (Å²) in [6.45, 7) is 2.59. The number of nitrogens with one attached hydrogen (secondary N) is 2. The molecule has 0 spiro atoms. The average Bonchev–Trinajstić information content (AvgIpc) is 2.67. The molecule has 2 aromatic carbocycles. The van der Waals surface area contributed by atoms with Gasteiger partial charge in [-0.1, -0.05) is 48.0 Å². The number of rotatable bonds is 6. The number of hydrogen-bond donors (Lipinski definition) is 2. The second kappa shape index (κ2) is 8.45. The van der Waals surface area contributed by atoms with Crippen LogP contribution in [0.4, 0.5) is 11.5 Å². The van der Waals surface area contributed by atoms with E-state index < -0.39 is 0 Å². The first-order chi connectivity index (χ1) is 12.6. The number of carbonyl (C=O) groups is 1. The van der Waals surface area contributed by atoms with Crippen LogP contribution in [0.1, 0.15) is 21.6 Å². The molecule has 0 fully saturated rings. The van der Waals surface area contributed by atoms with Gasteiger partial charge in [-0.3, -0.25) is 4.79 Å². The van der Waals surface area contributed by atoms with Crippen molar-refractivity contribution in [1.29, 1.82) is 0 Å². The van der Waals surface area contributed by atoms with Crippen LogP contribution in [0.5, 0.6) is 0 Å². The Bertz CT molecular complexity index is 882. The summed E-state index contributed by atoms with van der Waals surface area (Å²) < 4.78 is 0. The zero-order valence-corrected chi connectivity index (χ0v) is 15.1. The number of aromatic nitrogens is 2. The van der Waals surface area contributed by atoms with Crippen LogP contribution in [0.2, 0.25) is 5.02 Å². The Morgan fingerprint density at radius 1 is 1.00 bits per heavy atom. The largest absolute Gasteiger partial charge is 0.368 e. The topological polar surface area (TPSA) is 66.9 Å². The lowest BCUT2D eigenvalue weighted by Crippen LogP contribution is -2.16. The van der Waals surface area contributed by atoms with Gasteiger partial charge in [-0.05, 0) is 48.7 Å². The molecule has 6 heteroatoms. The average molecular weight is 367 g/mol. The number of carbonyl (C=O) groups excluding carboxylic acids is 1. The molecular formula is C20H19ClN4O. The molecule has 2 N–H and O–H groups in total. The molecule has 0 aliphatic rings. The normalized spacial score (nSPS) is 10.4. The molecule has 26 heavy (non-hydrogen) atoms. The molecule has 0 aliphatic carbocycles. The maximum absolute atomic E-state index is 12.3. The summed E-state index contributed by atoms with van der Waals surface area (Å²) in [5, 5.41) is 14.7. The summed E-state index contributed by atoms with van der Waals surface area (Å²) in [6.07, 6.45) is 0.888. The van der Waals surface area contributed by atoms with Crippen molar-refractivity contribution in [3.63, 3.8) is 0 Å². The Kier molecular flexibility index (Phi) is 5.81. The number of benzene rings is 2. The molecule has 0 unspecified atom stereocenters. The minimum atomic E-state index is -0.321. The first-order valence-electron chi connectivity index (χ1n) is 8.31. The van der Waals surface area contributed by atoms with Crippen molar-refractivity contribution in [2.24, 2.45) is 0 Å². The quantitative estimate of drug-likeness (QED) is 0.680. The van der Waals surface area contributed by atoms with Gasteiger partial charge in [-0.15, -0.1) is 10.2 Å². The number of halogens is 1. The molecule has 3 aromatic rings. The molecule has 0 bridgehead atoms. The fourth-order valence-electron chi connectivity index (χ4n) is 2.46. The molecule has 1 amide bonds. The molecule has 132 valence electrons. The van der Waals surface area contributed by atoms with E-state index in [-0.39, 0.29) is 11.6 Å². The maximum Gasteiger partial charge on any atom is 0.276 e. The monoisotopic (exact) mass is 366 g/mol. The highest BCUT2D eigenvalue weighted by Crippen LogP contribution is 2.23. The first kappa shape index (κ1) is 17.9. The summed E-state index contributed by atoms with van der Waals surface area (Å²) >= 11 is 6.07. The zero-order chi connectivity index (χ0) is 18.4. The van der Waals surface area contributed by atoms with Crippen molar-refractivity contribution >= 4 is 29.0 Å². The molecule has 1 aromatic heterocycles. The van der Waals surface area contributed by atoms with Crippen molar-refractivity contribution in [2.75, 3.05) is 17.2 Å². The van der Waals surface area contributed by atoms with E-state index in [2.05, 4.69) is 33.0 Å². The fraction of sp³-hybridized carbons (Fsp3) is 0.150. The minimum Gasteiger partial charge on any atom is -0.368 e. The predicted octanol–water partition coefficient (Wildman–Crippen LogP) is 4.35. The van der Waals surface area contributed by atoms with Gasteiger partial charge in [0, 0.05) is 17.3 Å². The van der Waals surface area contributed by atoms with E-state index in [0.29, 0.717) is 16.5 Å². The molecule has 1 heterocycles. The third-order valence-corrected chi connectivity index (χ3v) is 4.39. The van der Waals surface area contributed by atoms with E-state index in [1.54, 1.807) is 30.3 Å². The van der Waals surface area contributed by atoms with Crippen molar-refractivity contribution in [1.82, 2.24) is 10.2 Å². The molecular weight excluding hydrogens is 348 g/mol. The van der Waals surface area contributed by atoms with E-state index >= 15 is 0 Å². The molecule has 0 radical (unpaired) electrons. The Morgan fingerprint density at radius 2 is 1.81 bits per heavy atom. The molecule has 0 atom stereocenters. The van der Waals surface area contributed by atoms with Crippen molar-refractivity contribution in [3.8, 4) is 0 Å². The summed E-state index contributed by atoms with van der Waals surface area (Å²) in [4.78, 5) is 12.3. The van der Waals surface area contributed by atoms with Crippen LogP contribution in [-0.2, 0) is 6.42 Å². The van der Waals surface area contributed by atoms with E-state index in [9.17, 15) is 4.79 Å². The number of amides is 1. The lowest BCUT2D eigenvalue weighted by atomic mass is 10.1.